The second-order valence-corrected chi connectivity index (χ2v) is 7.05. The quantitative estimate of drug-likeness (QED) is 0.470. The second-order valence-electron chi connectivity index (χ2n) is 6.71. The monoisotopic (exact) mass is 410 g/mol. The number of hydrogen-bond acceptors (Lipinski definition) is 6. The highest BCUT2D eigenvalue weighted by molar-refractivity contribution is 6.28. The molecule has 3 heterocycles. The number of halogens is 1. The number of fused-ring (bicyclic) bond motifs is 1. The standard InChI is InChI=1S/C20H19ClN6O2/c21-20-24-18(22)16-9-23-27(19(16)25-20)11-14-3-1-2-13(8-14)6-7-26-10-15(12-28)4-5-17(26)29/h1-5,8-10,28H,6-7,11-12H2,(H2,22,24,25). The first kappa shape index (κ1) is 19.1. The van der Waals surface area contributed by atoms with E-state index in [9.17, 15) is 9.90 Å². The van der Waals surface area contributed by atoms with Crippen molar-refractivity contribution in [2.45, 2.75) is 26.1 Å². The molecule has 0 fully saturated rings. The van der Waals surface area contributed by atoms with Crippen LogP contribution < -0.4 is 11.3 Å². The topological polar surface area (TPSA) is 112 Å². The number of hydrogen-bond donors (Lipinski definition) is 2. The average molecular weight is 411 g/mol. The summed E-state index contributed by atoms with van der Waals surface area (Å²) < 4.78 is 3.34. The fraction of sp³-hybridized carbons (Fsp3) is 0.200. The first-order valence-corrected chi connectivity index (χ1v) is 9.44. The number of benzene rings is 1. The minimum atomic E-state index is -0.0916. The van der Waals surface area contributed by atoms with Crippen LogP contribution in [0.15, 0.2) is 53.6 Å². The molecule has 0 atom stereocenters. The van der Waals surface area contributed by atoms with Crippen molar-refractivity contribution in [1.82, 2.24) is 24.3 Å². The zero-order chi connectivity index (χ0) is 20.4. The molecule has 29 heavy (non-hydrogen) atoms. The molecule has 1 aromatic carbocycles. The molecule has 0 radical (unpaired) electrons. The molecule has 8 nitrogen and oxygen atoms in total. The van der Waals surface area contributed by atoms with Crippen LogP contribution in [-0.4, -0.2) is 29.4 Å². The Bertz CT molecular complexity index is 1230. The summed E-state index contributed by atoms with van der Waals surface area (Å²) in [7, 11) is 0. The van der Waals surface area contributed by atoms with Crippen molar-refractivity contribution in [3.63, 3.8) is 0 Å². The molecule has 0 saturated carbocycles. The van der Waals surface area contributed by atoms with E-state index in [4.69, 9.17) is 17.3 Å². The molecule has 0 aliphatic heterocycles. The fourth-order valence-corrected chi connectivity index (χ4v) is 3.39. The van der Waals surface area contributed by atoms with Gasteiger partial charge in [0.15, 0.2) is 5.65 Å². The first-order chi connectivity index (χ1) is 14.0. The highest BCUT2D eigenvalue weighted by Gasteiger charge is 2.11. The van der Waals surface area contributed by atoms with Gasteiger partial charge in [-0.2, -0.15) is 10.1 Å². The SMILES string of the molecule is Nc1nc(Cl)nc2c1cnn2Cc1cccc(CCn2cc(CO)ccc2=O)c1. The van der Waals surface area contributed by atoms with Gasteiger partial charge in [0.25, 0.3) is 5.56 Å². The summed E-state index contributed by atoms with van der Waals surface area (Å²) in [6.07, 6.45) is 4.00. The summed E-state index contributed by atoms with van der Waals surface area (Å²) >= 11 is 5.93. The largest absolute Gasteiger partial charge is 0.392 e. The molecular weight excluding hydrogens is 392 g/mol. The van der Waals surface area contributed by atoms with Gasteiger partial charge in [0, 0.05) is 18.8 Å². The van der Waals surface area contributed by atoms with Gasteiger partial charge in [-0.1, -0.05) is 24.3 Å². The number of nitrogen functional groups attached to an aromatic ring is 1. The summed E-state index contributed by atoms with van der Waals surface area (Å²) in [6.45, 7) is 0.940. The predicted molar refractivity (Wildman–Crippen MR) is 111 cm³/mol. The lowest BCUT2D eigenvalue weighted by Gasteiger charge is -2.09. The maximum atomic E-state index is 12.0. The Morgan fingerprint density at radius 2 is 1.93 bits per heavy atom. The minimum Gasteiger partial charge on any atom is -0.392 e. The average Bonchev–Trinajstić information content (AvgIpc) is 3.10. The molecule has 3 aromatic heterocycles. The summed E-state index contributed by atoms with van der Waals surface area (Å²) in [5.41, 5.74) is 9.22. The van der Waals surface area contributed by atoms with Crippen molar-refractivity contribution in [1.29, 1.82) is 0 Å². The van der Waals surface area contributed by atoms with Gasteiger partial charge >= 0.3 is 0 Å². The van der Waals surface area contributed by atoms with Crippen molar-refractivity contribution >= 4 is 28.5 Å². The lowest BCUT2D eigenvalue weighted by atomic mass is 10.1. The van der Waals surface area contributed by atoms with E-state index in [-0.39, 0.29) is 17.4 Å². The smallest absolute Gasteiger partial charge is 0.250 e. The molecule has 0 aliphatic rings. The maximum absolute atomic E-state index is 12.0. The third-order valence-corrected chi connectivity index (χ3v) is 4.86. The van der Waals surface area contributed by atoms with Crippen molar-refractivity contribution in [2.24, 2.45) is 0 Å². The van der Waals surface area contributed by atoms with Crippen LogP contribution in [0.3, 0.4) is 0 Å². The van der Waals surface area contributed by atoms with Crippen LogP contribution in [0.25, 0.3) is 11.0 Å². The van der Waals surface area contributed by atoms with Gasteiger partial charge in [-0.3, -0.25) is 4.79 Å². The summed E-state index contributed by atoms with van der Waals surface area (Å²) in [4.78, 5) is 20.2. The summed E-state index contributed by atoms with van der Waals surface area (Å²) in [6, 6.07) is 11.2. The van der Waals surface area contributed by atoms with Crippen LogP contribution in [0.2, 0.25) is 5.28 Å². The first-order valence-electron chi connectivity index (χ1n) is 9.06. The molecule has 4 rings (SSSR count). The molecule has 0 saturated heterocycles. The van der Waals surface area contributed by atoms with Gasteiger partial charge in [0.1, 0.15) is 5.82 Å². The van der Waals surface area contributed by atoms with Gasteiger partial charge in [-0.05, 0) is 40.8 Å². The van der Waals surface area contributed by atoms with E-state index in [0.717, 1.165) is 11.1 Å². The fourth-order valence-electron chi connectivity index (χ4n) is 3.22. The third kappa shape index (κ3) is 4.13. The van der Waals surface area contributed by atoms with E-state index >= 15 is 0 Å². The predicted octanol–water partition coefficient (Wildman–Crippen LogP) is 2.01. The van der Waals surface area contributed by atoms with Crippen molar-refractivity contribution in [3.8, 4) is 0 Å². The molecule has 9 heteroatoms. The van der Waals surface area contributed by atoms with Gasteiger partial charge in [0.2, 0.25) is 5.28 Å². The number of aliphatic hydroxyl groups is 1. The van der Waals surface area contributed by atoms with Crippen LogP contribution in [0.5, 0.6) is 0 Å². The van der Waals surface area contributed by atoms with E-state index in [2.05, 4.69) is 21.1 Å². The van der Waals surface area contributed by atoms with Crippen LogP contribution in [0.1, 0.15) is 16.7 Å². The van der Waals surface area contributed by atoms with Crippen molar-refractivity contribution < 1.29 is 5.11 Å². The number of nitrogens with two attached hydrogens (primary N) is 1. The molecule has 4 aromatic rings. The summed E-state index contributed by atoms with van der Waals surface area (Å²) in [5, 5.41) is 14.4. The third-order valence-electron chi connectivity index (χ3n) is 4.69. The van der Waals surface area contributed by atoms with Crippen molar-refractivity contribution in [3.05, 3.63) is 81.1 Å². The Labute approximate surface area is 171 Å². The number of rotatable bonds is 6. The molecule has 3 N–H and O–H groups in total. The van der Waals surface area contributed by atoms with E-state index in [1.54, 1.807) is 27.7 Å². The Morgan fingerprint density at radius 1 is 1.10 bits per heavy atom. The number of aryl methyl sites for hydroxylation is 2. The van der Waals surface area contributed by atoms with Crippen LogP contribution in [0, 0.1) is 0 Å². The highest BCUT2D eigenvalue weighted by atomic mass is 35.5. The van der Waals surface area contributed by atoms with E-state index < -0.39 is 0 Å². The molecule has 0 unspecified atom stereocenters. The zero-order valence-corrected chi connectivity index (χ0v) is 16.3. The van der Waals surface area contributed by atoms with E-state index in [1.165, 1.54) is 6.07 Å². The zero-order valence-electron chi connectivity index (χ0n) is 15.5. The normalized spacial score (nSPS) is 11.2. The molecule has 0 amide bonds. The molecule has 0 spiro atoms. The molecule has 0 bridgehead atoms. The minimum absolute atomic E-state index is 0.0843. The van der Waals surface area contributed by atoms with E-state index in [0.29, 0.717) is 41.9 Å². The Kier molecular flexibility index (Phi) is 5.28. The number of pyridine rings is 1. The van der Waals surface area contributed by atoms with Crippen molar-refractivity contribution in [2.75, 3.05) is 5.73 Å². The Hall–Kier alpha value is -3.23. The number of anilines is 1. The van der Waals surface area contributed by atoms with Gasteiger partial charge in [0.05, 0.1) is 24.7 Å². The highest BCUT2D eigenvalue weighted by Crippen LogP contribution is 2.20. The molecule has 148 valence electrons. The van der Waals surface area contributed by atoms with E-state index in [1.807, 2.05) is 18.2 Å². The Morgan fingerprint density at radius 3 is 2.76 bits per heavy atom. The van der Waals surface area contributed by atoms with Crippen LogP contribution in [0.4, 0.5) is 5.82 Å². The number of aromatic nitrogens is 5. The molecule has 0 aliphatic carbocycles. The van der Waals surface area contributed by atoms with Gasteiger partial charge in [-0.25, -0.2) is 9.67 Å². The molecular formula is C20H19ClN6O2. The Balaban J connectivity index is 1.53. The lowest BCUT2D eigenvalue weighted by molar-refractivity contribution is 0.280. The van der Waals surface area contributed by atoms with Gasteiger partial charge < -0.3 is 15.4 Å². The van der Waals surface area contributed by atoms with Crippen LogP contribution >= 0.6 is 11.6 Å². The summed E-state index contributed by atoms with van der Waals surface area (Å²) in [5.74, 6) is 0.301. The van der Waals surface area contributed by atoms with Crippen LogP contribution in [-0.2, 0) is 26.1 Å². The number of aliphatic hydroxyl groups excluding tert-OH is 1. The lowest BCUT2D eigenvalue weighted by Crippen LogP contribution is -2.20. The van der Waals surface area contributed by atoms with Gasteiger partial charge in [-0.15, -0.1) is 0 Å². The second kappa shape index (κ2) is 8.02. The number of nitrogens with zero attached hydrogens (tertiary/aromatic N) is 5. The maximum Gasteiger partial charge on any atom is 0.250 e.